The molecule has 0 saturated heterocycles. The molecule has 0 N–H and O–H groups in total. The van der Waals surface area contributed by atoms with Crippen molar-refractivity contribution in [2.45, 2.75) is 13.5 Å². The van der Waals surface area contributed by atoms with E-state index in [9.17, 15) is 9.59 Å². The summed E-state index contributed by atoms with van der Waals surface area (Å²) in [4.78, 5) is 25.5. The van der Waals surface area contributed by atoms with E-state index in [1.54, 1.807) is 48.5 Å². The van der Waals surface area contributed by atoms with Gasteiger partial charge in [-0.1, -0.05) is 36.4 Å². The van der Waals surface area contributed by atoms with Crippen molar-refractivity contribution in [3.63, 3.8) is 0 Å². The fraction of sp³-hybridized carbons (Fsp3) is 0.176. The molecule has 1 unspecified atom stereocenters. The molecule has 22 heavy (non-hydrogen) atoms. The number of hydrogen-bond acceptors (Lipinski definition) is 3. The maximum absolute atomic E-state index is 12.7. The van der Waals surface area contributed by atoms with E-state index in [-0.39, 0.29) is 11.8 Å². The van der Waals surface area contributed by atoms with E-state index in [4.69, 9.17) is 4.43 Å². The van der Waals surface area contributed by atoms with Crippen LogP contribution in [0.2, 0.25) is 6.55 Å². The van der Waals surface area contributed by atoms with Crippen LogP contribution in [0.4, 0.5) is 0 Å². The van der Waals surface area contributed by atoms with Crippen LogP contribution in [-0.4, -0.2) is 32.2 Å². The molecule has 2 amide bonds. The Kier molecular flexibility index (Phi) is 5.63. The molecular weight excluding hydrogens is 294 g/mol. The molecule has 2 rings (SSSR count). The number of benzene rings is 2. The number of nitrogens with zero attached hydrogens (tertiary/aromatic N) is 1. The third-order valence-electron chi connectivity index (χ3n) is 3.25. The van der Waals surface area contributed by atoms with Crippen molar-refractivity contribution in [1.29, 1.82) is 0 Å². The van der Waals surface area contributed by atoms with Gasteiger partial charge in [0.2, 0.25) is 0 Å². The van der Waals surface area contributed by atoms with Gasteiger partial charge in [0.25, 0.3) is 21.0 Å². The van der Waals surface area contributed by atoms with Gasteiger partial charge in [0.15, 0.2) is 0 Å². The molecule has 0 fully saturated rings. The highest BCUT2D eigenvalue weighted by atomic mass is 28.3. The third kappa shape index (κ3) is 3.69. The van der Waals surface area contributed by atoms with Gasteiger partial charge < -0.3 is 4.43 Å². The lowest BCUT2D eigenvalue weighted by atomic mass is 10.2. The largest absolute Gasteiger partial charge is 0.401 e. The molecule has 0 radical (unpaired) electrons. The third-order valence-corrected chi connectivity index (χ3v) is 5.26. The second kappa shape index (κ2) is 7.68. The molecule has 0 aliphatic heterocycles. The number of carbonyl (C=O) groups excluding carboxylic acids is 2. The summed E-state index contributed by atoms with van der Waals surface area (Å²) in [5, 5.41) is 0. The zero-order chi connectivity index (χ0) is 15.9. The van der Waals surface area contributed by atoms with E-state index < -0.39 is 9.20 Å². The van der Waals surface area contributed by atoms with Crippen LogP contribution in [-0.2, 0) is 4.43 Å². The van der Waals surface area contributed by atoms with Crippen LogP contribution in [0.15, 0.2) is 60.7 Å². The van der Waals surface area contributed by atoms with Gasteiger partial charge >= 0.3 is 0 Å². The fourth-order valence-corrected chi connectivity index (χ4v) is 3.77. The number of imide groups is 1. The van der Waals surface area contributed by atoms with Crippen LogP contribution < -0.4 is 0 Å². The minimum Gasteiger partial charge on any atom is -0.401 e. The molecule has 2 aromatic rings. The van der Waals surface area contributed by atoms with Gasteiger partial charge in [0, 0.05) is 17.7 Å². The molecule has 0 aliphatic rings. The van der Waals surface area contributed by atoms with Crippen LogP contribution in [0.5, 0.6) is 0 Å². The van der Waals surface area contributed by atoms with Crippen molar-refractivity contribution in [2.24, 2.45) is 0 Å². The van der Waals surface area contributed by atoms with Crippen LogP contribution in [0, 0.1) is 0 Å². The molecular formula is C17H19NO3Si. The average molecular weight is 313 g/mol. The van der Waals surface area contributed by atoms with Gasteiger partial charge in [-0.15, -0.1) is 0 Å². The first-order chi connectivity index (χ1) is 10.6. The molecule has 4 nitrogen and oxygen atoms in total. The van der Waals surface area contributed by atoms with Crippen molar-refractivity contribution < 1.29 is 14.0 Å². The maximum atomic E-state index is 12.7. The minimum absolute atomic E-state index is 0.304. The monoisotopic (exact) mass is 313 g/mol. The minimum atomic E-state index is -2.14. The Morgan fingerprint density at radius 3 is 1.68 bits per heavy atom. The highest BCUT2D eigenvalue weighted by Crippen LogP contribution is 2.13. The normalized spacial score (nSPS) is 11.7. The lowest BCUT2D eigenvalue weighted by Gasteiger charge is -2.26. The predicted octanol–water partition coefficient (Wildman–Crippen LogP) is 2.86. The predicted molar refractivity (Wildman–Crippen MR) is 88.0 cm³/mol. The van der Waals surface area contributed by atoms with Crippen molar-refractivity contribution in [1.82, 2.24) is 4.57 Å². The second-order valence-corrected chi connectivity index (χ2v) is 6.82. The Morgan fingerprint density at radius 1 is 0.909 bits per heavy atom. The first-order valence-corrected chi connectivity index (χ1v) is 9.39. The Hall–Kier alpha value is -2.24. The lowest BCUT2D eigenvalue weighted by molar-refractivity contribution is 0.0697. The van der Waals surface area contributed by atoms with E-state index in [0.29, 0.717) is 17.7 Å². The summed E-state index contributed by atoms with van der Waals surface area (Å²) in [6.45, 7) is 4.18. The van der Waals surface area contributed by atoms with Gasteiger partial charge in [0.1, 0.15) is 0 Å². The van der Waals surface area contributed by atoms with E-state index >= 15 is 0 Å². The van der Waals surface area contributed by atoms with Gasteiger partial charge in [-0.2, -0.15) is 0 Å². The molecule has 5 heteroatoms. The Morgan fingerprint density at radius 2 is 1.32 bits per heavy atom. The smallest absolute Gasteiger partial charge is 0.291 e. The van der Waals surface area contributed by atoms with E-state index in [1.165, 1.54) is 4.57 Å². The molecule has 0 bridgehead atoms. The Labute approximate surface area is 132 Å². The zero-order valence-corrected chi connectivity index (χ0v) is 13.9. The van der Waals surface area contributed by atoms with E-state index in [0.717, 1.165) is 0 Å². The Balaban J connectivity index is 2.35. The molecule has 0 aliphatic carbocycles. The molecule has 2 aromatic carbocycles. The summed E-state index contributed by atoms with van der Waals surface area (Å²) < 4.78 is 6.91. The standard InChI is InChI=1S/C17H19NO3Si/c1-3-21-22(2)18(16(19)14-10-6-4-7-11-14)17(20)15-12-8-5-9-13-15/h4-13,22H,3H2,1-2H3. The van der Waals surface area contributed by atoms with Crippen LogP contribution in [0.25, 0.3) is 0 Å². The number of hydrogen-bond donors (Lipinski definition) is 0. The molecule has 0 spiro atoms. The molecule has 0 saturated carbocycles. The zero-order valence-electron chi connectivity index (χ0n) is 12.7. The van der Waals surface area contributed by atoms with Gasteiger partial charge in [-0.3, -0.25) is 14.2 Å². The van der Waals surface area contributed by atoms with Crippen molar-refractivity contribution in [3.05, 3.63) is 71.8 Å². The van der Waals surface area contributed by atoms with E-state index in [2.05, 4.69) is 0 Å². The highest BCUT2D eigenvalue weighted by molar-refractivity contribution is 6.56. The van der Waals surface area contributed by atoms with Gasteiger partial charge in [0.05, 0.1) is 0 Å². The van der Waals surface area contributed by atoms with Crippen molar-refractivity contribution in [2.75, 3.05) is 6.61 Å². The molecule has 114 valence electrons. The quantitative estimate of drug-likeness (QED) is 0.630. The van der Waals surface area contributed by atoms with Crippen LogP contribution in [0.3, 0.4) is 0 Å². The maximum Gasteiger partial charge on any atom is 0.291 e. The van der Waals surface area contributed by atoms with Crippen molar-refractivity contribution in [3.8, 4) is 0 Å². The first-order valence-electron chi connectivity index (χ1n) is 7.24. The second-order valence-electron chi connectivity index (χ2n) is 4.77. The molecule has 1 atom stereocenters. The van der Waals surface area contributed by atoms with Gasteiger partial charge in [-0.25, -0.2) is 0 Å². The summed E-state index contributed by atoms with van der Waals surface area (Å²) in [5.74, 6) is -0.607. The summed E-state index contributed by atoms with van der Waals surface area (Å²) in [5.41, 5.74) is 0.983. The lowest BCUT2D eigenvalue weighted by Crippen LogP contribution is -2.48. The summed E-state index contributed by atoms with van der Waals surface area (Å²) in [6, 6.07) is 17.6. The summed E-state index contributed by atoms with van der Waals surface area (Å²) in [7, 11) is -2.14. The molecule has 0 heterocycles. The number of amides is 2. The SMILES string of the molecule is CCO[SiH](C)N(C(=O)c1ccccc1)C(=O)c1ccccc1. The number of rotatable bonds is 5. The Bertz CT molecular complexity index is 579. The average Bonchev–Trinajstić information content (AvgIpc) is 2.56. The summed E-state index contributed by atoms with van der Waals surface area (Å²) in [6.07, 6.45) is 0. The van der Waals surface area contributed by atoms with Crippen LogP contribution >= 0.6 is 0 Å². The van der Waals surface area contributed by atoms with Gasteiger partial charge in [-0.05, 0) is 37.7 Å². The van der Waals surface area contributed by atoms with E-state index in [1.807, 2.05) is 25.6 Å². The topological polar surface area (TPSA) is 46.6 Å². The fourth-order valence-electron chi connectivity index (χ4n) is 2.18. The highest BCUT2D eigenvalue weighted by Gasteiger charge is 2.30. The van der Waals surface area contributed by atoms with Crippen molar-refractivity contribution >= 4 is 21.0 Å². The van der Waals surface area contributed by atoms with Crippen LogP contribution in [0.1, 0.15) is 27.6 Å². The molecule has 0 aromatic heterocycles. The summed E-state index contributed by atoms with van der Waals surface area (Å²) >= 11 is 0. The first kappa shape index (κ1) is 16.1. The number of carbonyl (C=O) groups is 2.